The summed E-state index contributed by atoms with van der Waals surface area (Å²) < 4.78 is 39.5. The van der Waals surface area contributed by atoms with E-state index in [-0.39, 0.29) is 24.5 Å². The molecule has 3 aromatic rings. The number of rotatable bonds is 10. The van der Waals surface area contributed by atoms with Crippen molar-refractivity contribution in [1.82, 2.24) is 9.62 Å². The second-order valence-electron chi connectivity index (χ2n) is 8.95. The lowest BCUT2D eigenvalue weighted by Gasteiger charge is -2.24. The highest BCUT2D eigenvalue weighted by molar-refractivity contribution is 7.89. The monoisotopic (exact) mass is 510 g/mol. The summed E-state index contributed by atoms with van der Waals surface area (Å²) in [5.74, 6) is 0.743. The molecule has 36 heavy (non-hydrogen) atoms. The number of hydrogen-bond donors (Lipinski definition) is 1. The van der Waals surface area contributed by atoms with Gasteiger partial charge in [0.2, 0.25) is 15.9 Å². The van der Waals surface area contributed by atoms with Gasteiger partial charge < -0.3 is 14.8 Å². The first-order valence-corrected chi connectivity index (χ1v) is 13.1. The molecule has 8 heteroatoms. The molecule has 1 N–H and O–H groups in total. The zero-order valence-corrected chi connectivity index (χ0v) is 22.5. The molecule has 192 valence electrons. The first-order chi connectivity index (χ1) is 17.0. The Kier molecular flexibility index (Phi) is 8.76. The number of nitrogens with zero attached hydrogens (tertiary/aromatic N) is 1. The van der Waals surface area contributed by atoms with Gasteiger partial charge in [0.05, 0.1) is 25.7 Å². The lowest BCUT2D eigenvalue weighted by atomic mass is 10.1. The predicted octanol–water partition coefficient (Wildman–Crippen LogP) is 4.44. The van der Waals surface area contributed by atoms with E-state index < -0.39 is 15.9 Å². The van der Waals surface area contributed by atoms with Gasteiger partial charge in [-0.2, -0.15) is 4.31 Å². The smallest absolute Gasteiger partial charge is 0.244 e. The molecule has 0 atom stereocenters. The SMILES string of the molecule is COc1ccc(CNC(=O)CN(Cc2ccc(C)cc2)S(=O)(=O)c2c(C)cc(C)cc2C)cc1OC. The highest BCUT2D eigenvalue weighted by Crippen LogP contribution is 2.28. The van der Waals surface area contributed by atoms with E-state index >= 15 is 0 Å². The summed E-state index contributed by atoms with van der Waals surface area (Å²) >= 11 is 0. The molecule has 0 saturated heterocycles. The maximum atomic E-state index is 13.8. The minimum absolute atomic E-state index is 0.0825. The summed E-state index contributed by atoms with van der Waals surface area (Å²) in [5.41, 5.74) is 4.99. The third kappa shape index (κ3) is 6.44. The van der Waals surface area contributed by atoms with Gasteiger partial charge in [0.25, 0.3) is 0 Å². The zero-order valence-electron chi connectivity index (χ0n) is 21.7. The van der Waals surface area contributed by atoms with E-state index in [0.29, 0.717) is 22.6 Å². The number of amides is 1. The van der Waals surface area contributed by atoms with Gasteiger partial charge in [-0.1, -0.05) is 53.6 Å². The molecule has 0 fully saturated rings. The van der Waals surface area contributed by atoms with Crippen LogP contribution in [-0.4, -0.2) is 39.4 Å². The molecular formula is C28H34N2O5S. The Bertz CT molecular complexity index is 1310. The van der Waals surface area contributed by atoms with Gasteiger partial charge in [0.15, 0.2) is 11.5 Å². The molecule has 3 aromatic carbocycles. The van der Waals surface area contributed by atoms with E-state index in [1.165, 1.54) is 4.31 Å². The second kappa shape index (κ2) is 11.6. The van der Waals surface area contributed by atoms with Crippen LogP contribution in [-0.2, 0) is 27.9 Å². The van der Waals surface area contributed by atoms with Crippen LogP contribution in [0.5, 0.6) is 11.5 Å². The van der Waals surface area contributed by atoms with Crippen LogP contribution in [0.25, 0.3) is 0 Å². The fourth-order valence-corrected chi connectivity index (χ4v) is 6.03. The minimum atomic E-state index is -3.95. The molecular weight excluding hydrogens is 476 g/mol. The molecule has 1 amide bonds. The Morgan fingerprint density at radius 1 is 0.806 bits per heavy atom. The second-order valence-corrected chi connectivity index (χ2v) is 10.8. The van der Waals surface area contributed by atoms with Crippen molar-refractivity contribution >= 4 is 15.9 Å². The Morgan fingerprint density at radius 3 is 1.97 bits per heavy atom. The number of hydrogen-bond acceptors (Lipinski definition) is 5. The molecule has 0 saturated carbocycles. The van der Waals surface area contributed by atoms with E-state index in [0.717, 1.165) is 22.3 Å². The summed E-state index contributed by atoms with van der Waals surface area (Å²) in [4.78, 5) is 13.2. The standard InChI is InChI=1S/C28H34N2O5S/c1-19-7-9-23(10-8-19)17-30(36(32,33)28-21(3)13-20(2)14-22(28)4)18-27(31)29-16-24-11-12-25(34-5)26(15-24)35-6/h7-15H,16-18H2,1-6H3,(H,29,31). The van der Waals surface area contributed by atoms with Crippen molar-refractivity contribution in [3.05, 3.63) is 88.0 Å². The average molecular weight is 511 g/mol. The number of ether oxygens (including phenoxy) is 2. The number of aryl methyl sites for hydroxylation is 4. The van der Waals surface area contributed by atoms with Crippen LogP contribution in [0.2, 0.25) is 0 Å². The highest BCUT2D eigenvalue weighted by Gasteiger charge is 2.30. The molecule has 0 aliphatic rings. The number of benzene rings is 3. The quantitative estimate of drug-likeness (QED) is 0.436. The lowest BCUT2D eigenvalue weighted by Crippen LogP contribution is -2.40. The first-order valence-electron chi connectivity index (χ1n) is 11.7. The lowest BCUT2D eigenvalue weighted by molar-refractivity contribution is -0.121. The Hall–Kier alpha value is -3.36. The van der Waals surface area contributed by atoms with Crippen molar-refractivity contribution in [3.63, 3.8) is 0 Å². The maximum absolute atomic E-state index is 13.8. The molecule has 0 aliphatic heterocycles. The molecule has 0 bridgehead atoms. The molecule has 0 radical (unpaired) electrons. The largest absolute Gasteiger partial charge is 0.493 e. The van der Waals surface area contributed by atoms with Gasteiger partial charge in [-0.15, -0.1) is 0 Å². The van der Waals surface area contributed by atoms with Gasteiger partial charge in [-0.05, 0) is 62.1 Å². The number of sulfonamides is 1. The van der Waals surface area contributed by atoms with Crippen LogP contribution in [0.15, 0.2) is 59.5 Å². The van der Waals surface area contributed by atoms with E-state index in [4.69, 9.17) is 9.47 Å². The maximum Gasteiger partial charge on any atom is 0.244 e. The van der Waals surface area contributed by atoms with Gasteiger partial charge in [-0.3, -0.25) is 4.79 Å². The van der Waals surface area contributed by atoms with E-state index in [1.54, 1.807) is 40.2 Å². The minimum Gasteiger partial charge on any atom is -0.493 e. The highest BCUT2D eigenvalue weighted by atomic mass is 32.2. The van der Waals surface area contributed by atoms with Gasteiger partial charge in [0, 0.05) is 13.1 Å². The summed E-state index contributed by atoms with van der Waals surface area (Å²) in [7, 11) is -0.849. The topological polar surface area (TPSA) is 84.9 Å². The fraction of sp³-hybridized carbons (Fsp3) is 0.321. The van der Waals surface area contributed by atoms with Crippen molar-refractivity contribution < 1.29 is 22.7 Å². The Labute approximate surface area is 214 Å². The van der Waals surface area contributed by atoms with Gasteiger partial charge in [-0.25, -0.2) is 8.42 Å². The van der Waals surface area contributed by atoms with E-state index in [9.17, 15) is 13.2 Å². The van der Waals surface area contributed by atoms with Gasteiger partial charge in [0.1, 0.15) is 0 Å². The van der Waals surface area contributed by atoms with Crippen molar-refractivity contribution in [3.8, 4) is 11.5 Å². The van der Waals surface area contributed by atoms with E-state index in [1.807, 2.05) is 56.3 Å². The molecule has 0 spiro atoms. The summed E-state index contributed by atoms with van der Waals surface area (Å²) in [6.45, 7) is 7.47. The Morgan fingerprint density at radius 2 is 1.39 bits per heavy atom. The predicted molar refractivity (Wildman–Crippen MR) is 141 cm³/mol. The molecule has 0 aliphatic carbocycles. The molecule has 3 rings (SSSR count). The van der Waals surface area contributed by atoms with Crippen molar-refractivity contribution in [2.24, 2.45) is 0 Å². The zero-order chi connectivity index (χ0) is 26.5. The third-order valence-corrected chi connectivity index (χ3v) is 8.04. The van der Waals surface area contributed by atoms with E-state index in [2.05, 4.69) is 5.32 Å². The first kappa shape index (κ1) is 27.2. The fourth-order valence-electron chi connectivity index (χ4n) is 4.23. The number of carbonyl (C=O) groups is 1. The number of nitrogens with one attached hydrogen (secondary N) is 1. The van der Waals surface area contributed by atoms with Crippen molar-refractivity contribution in [2.45, 2.75) is 45.7 Å². The van der Waals surface area contributed by atoms with Crippen LogP contribution < -0.4 is 14.8 Å². The van der Waals surface area contributed by atoms with Crippen LogP contribution >= 0.6 is 0 Å². The third-order valence-electron chi connectivity index (χ3n) is 5.94. The summed E-state index contributed by atoms with van der Waals surface area (Å²) in [5, 5.41) is 2.83. The van der Waals surface area contributed by atoms with Crippen LogP contribution in [0.1, 0.15) is 33.4 Å². The number of carbonyl (C=O) groups excluding carboxylic acids is 1. The van der Waals surface area contributed by atoms with Crippen molar-refractivity contribution in [2.75, 3.05) is 20.8 Å². The van der Waals surface area contributed by atoms with Crippen LogP contribution in [0, 0.1) is 27.7 Å². The molecule has 7 nitrogen and oxygen atoms in total. The Balaban J connectivity index is 1.86. The normalized spacial score (nSPS) is 11.4. The molecule has 0 aromatic heterocycles. The summed E-state index contributed by atoms with van der Waals surface area (Å²) in [6.07, 6.45) is 0. The van der Waals surface area contributed by atoms with Crippen LogP contribution in [0.3, 0.4) is 0 Å². The van der Waals surface area contributed by atoms with Crippen molar-refractivity contribution in [1.29, 1.82) is 0 Å². The summed E-state index contributed by atoms with van der Waals surface area (Å²) in [6, 6.07) is 16.7. The molecule has 0 unspecified atom stereocenters. The average Bonchev–Trinajstić information content (AvgIpc) is 2.82. The van der Waals surface area contributed by atoms with Crippen LogP contribution in [0.4, 0.5) is 0 Å². The number of methoxy groups -OCH3 is 2. The van der Waals surface area contributed by atoms with Gasteiger partial charge >= 0.3 is 0 Å². The molecule has 0 heterocycles.